The van der Waals surface area contributed by atoms with E-state index in [1.807, 2.05) is 0 Å². The Morgan fingerprint density at radius 1 is 0.875 bits per heavy atom. The van der Waals surface area contributed by atoms with Crippen molar-refractivity contribution in [2.24, 2.45) is 0 Å². The Balaban J connectivity index is 1.66. The van der Waals surface area contributed by atoms with Crippen molar-refractivity contribution in [2.45, 2.75) is 37.6 Å². The molecular formula is C21H25BrN2. The summed E-state index contributed by atoms with van der Waals surface area (Å²) in [6.45, 7) is 3.47. The molecule has 0 saturated carbocycles. The molecule has 0 radical (unpaired) electrons. The molecule has 2 nitrogen and oxygen atoms in total. The number of hydrogen-bond acceptors (Lipinski definition) is 2. The van der Waals surface area contributed by atoms with Gasteiger partial charge in [-0.1, -0.05) is 40.2 Å². The third-order valence-electron chi connectivity index (χ3n) is 5.55. The molecule has 0 aromatic heterocycles. The summed E-state index contributed by atoms with van der Waals surface area (Å²) in [4.78, 5) is 2.60. The van der Waals surface area contributed by atoms with Gasteiger partial charge in [0, 0.05) is 16.7 Å². The van der Waals surface area contributed by atoms with Gasteiger partial charge in [-0.3, -0.25) is 0 Å². The first-order chi connectivity index (χ1) is 11.8. The van der Waals surface area contributed by atoms with Crippen LogP contribution in [0.2, 0.25) is 0 Å². The van der Waals surface area contributed by atoms with E-state index in [2.05, 4.69) is 74.7 Å². The first kappa shape index (κ1) is 16.2. The van der Waals surface area contributed by atoms with Crippen molar-refractivity contribution < 1.29 is 0 Å². The van der Waals surface area contributed by atoms with Crippen LogP contribution in [-0.4, -0.2) is 19.6 Å². The normalized spacial score (nSPS) is 22.0. The number of anilines is 1. The Bertz CT molecular complexity index is 676. The maximum Gasteiger partial charge on any atom is 0.0545 e. The van der Waals surface area contributed by atoms with E-state index in [1.54, 1.807) is 11.1 Å². The number of hydrogen-bond donors (Lipinski definition) is 1. The second kappa shape index (κ2) is 7.28. The van der Waals surface area contributed by atoms with Gasteiger partial charge in [-0.25, -0.2) is 0 Å². The van der Waals surface area contributed by atoms with Crippen molar-refractivity contribution in [1.29, 1.82) is 0 Å². The molecule has 2 saturated heterocycles. The molecule has 24 heavy (non-hydrogen) atoms. The minimum Gasteiger partial charge on any atom is -0.364 e. The molecule has 0 bridgehead atoms. The average molecular weight is 385 g/mol. The summed E-state index contributed by atoms with van der Waals surface area (Å²) >= 11 is 3.55. The first-order valence-electron chi connectivity index (χ1n) is 9.14. The highest BCUT2D eigenvalue weighted by molar-refractivity contribution is 9.10. The van der Waals surface area contributed by atoms with Crippen LogP contribution in [0.5, 0.6) is 0 Å². The SMILES string of the molecule is Brc1ccc(N2CCC[C@@H]2c2ccccc2C2CCNCC2)cc1. The van der Waals surface area contributed by atoms with E-state index in [4.69, 9.17) is 0 Å². The highest BCUT2D eigenvalue weighted by Crippen LogP contribution is 2.40. The lowest BCUT2D eigenvalue weighted by atomic mass is 9.84. The van der Waals surface area contributed by atoms with Crippen LogP contribution in [0.3, 0.4) is 0 Å². The van der Waals surface area contributed by atoms with Crippen LogP contribution in [-0.2, 0) is 0 Å². The number of benzene rings is 2. The molecule has 2 aliphatic heterocycles. The van der Waals surface area contributed by atoms with Crippen molar-refractivity contribution in [2.75, 3.05) is 24.5 Å². The predicted molar refractivity (Wildman–Crippen MR) is 105 cm³/mol. The zero-order valence-electron chi connectivity index (χ0n) is 14.0. The van der Waals surface area contributed by atoms with Crippen LogP contribution in [0.15, 0.2) is 53.0 Å². The van der Waals surface area contributed by atoms with Crippen molar-refractivity contribution in [3.63, 3.8) is 0 Å². The molecular weight excluding hydrogens is 360 g/mol. The van der Waals surface area contributed by atoms with Gasteiger partial charge in [0.2, 0.25) is 0 Å². The molecule has 2 aromatic rings. The van der Waals surface area contributed by atoms with Crippen LogP contribution in [0.25, 0.3) is 0 Å². The lowest BCUT2D eigenvalue weighted by Gasteiger charge is -2.32. The fourth-order valence-electron chi connectivity index (χ4n) is 4.35. The van der Waals surface area contributed by atoms with Crippen molar-refractivity contribution >= 4 is 21.6 Å². The summed E-state index contributed by atoms with van der Waals surface area (Å²) in [5, 5.41) is 3.50. The Hall–Kier alpha value is -1.32. The quantitative estimate of drug-likeness (QED) is 0.776. The molecule has 3 heteroatoms. The standard InChI is InChI=1S/C21H25BrN2/c22-17-7-9-18(10-8-17)24-15-3-6-21(24)20-5-2-1-4-19(20)16-11-13-23-14-12-16/h1-2,4-5,7-10,16,21,23H,3,6,11-15H2/t21-/m1/s1. The van der Waals surface area contributed by atoms with E-state index in [1.165, 1.54) is 31.4 Å². The minimum atomic E-state index is 0.525. The van der Waals surface area contributed by atoms with E-state index < -0.39 is 0 Å². The summed E-state index contributed by atoms with van der Waals surface area (Å²) < 4.78 is 1.15. The highest BCUT2D eigenvalue weighted by Gasteiger charge is 2.29. The molecule has 0 spiro atoms. The van der Waals surface area contributed by atoms with Crippen LogP contribution >= 0.6 is 15.9 Å². The van der Waals surface area contributed by atoms with Crippen LogP contribution in [0.4, 0.5) is 5.69 Å². The predicted octanol–water partition coefficient (Wildman–Crippen LogP) is 5.26. The zero-order chi connectivity index (χ0) is 16.4. The maximum atomic E-state index is 3.55. The minimum absolute atomic E-state index is 0.525. The molecule has 0 aliphatic carbocycles. The summed E-state index contributed by atoms with van der Waals surface area (Å²) in [7, 11) is 0. The fourth-order valence-corrected chi connectivity index (χ4v) is 4.62. The number of rotatable bonds is 3. The van der Waals surface area contributed by atoms with Crippen molar-refractivity contribution in [3.05, 3.63) is 64.1 Å². The van der Waals surface area contributed by atoms with Gasteiger partial charge in [-0.15, -0.1) is 0 Å². The first-order valence-corrected chi connectivity index (χ1v) is 9.94. The molecule has 1 atom stereocenters. The fraction of sp³-hybridized carbons (Fsp3) is 0.429. The third kappa shape index (κ3) is 3.25. The van der Waals surface area contributed by atoms with Crippen LogP contribution < -0.4 is 10.2 Å². The molecule has 2 aromatic carbocycles. The van der Waals surface area contributed by atoms with Gasteiger partial charge in [0.05, 0.1) is 6.04 Å². The number of piperidine rings is 1. The molecule has 2 aliphatic rings. The maximum absolute atomic E-state index is 3.55. The monoisotopic (exact) mass is 384 g/mol. The van der Waals surface area contributed by atoms with Gasteiger partial charge >= 0.3 is 0 Å². The van der Waals surface area contributed by atoms with Crippen LogP contribution in [0, 0.1) is 0 Å². The molecule has 4 rings (SSSR count). The molecule has 2 fully saturated rings. The Kier molecular flexibility index (Phi) is 4.91. The zero-order valence-corrected chi connectivity index (χ0v) is 15.6. The third-order valence-corrected chi connectivity index (χ3v) is 6.07. The van der Waals surface area contributed by atoms with Crippen molar-refractivity contribution in [1.82, 2.24) is 5.32 Å². The topological polar surface area (TPSA) is 15.3 Å². The number of halogens is 1. The van der Waals surface area contributed by atoms with E-state index in [0.717, 1.165) is 30.0 Å². The van der Waals surface area contributed by atoms with Gasteiger partial charge in [0.25, 0.3) is 0 Å². The smallest absolute Gasteiger partial charge is 0.0545 e. The molecule has 1 N–H and O–H groups in total. The van der Waals surface area contributed by atoms with Gasteiger partial charge in [-0.05, 0) is 80.1 Å². The van der Waals surface area contributed by atoms with Crippen molar-refractivity contribution in [3.8, 4) is 0 Å². The van der Waals surface area contributed by atoms with Gasteiger partial charge in [0.1, 0.15) is 0 Å². The number of nitrogens with one attached hydrogen (secondary N) is 1. The lowest BCUT2D eigenvalue weighted by molar-refractivity contribution is 0.456. The second-order valence-corrected chi connectivity index (χ2v) is 7.90. The van der Waals surface area contributed by atoms with E-state index in [-0.39, 0.29) is 0 Å². The van der Waals surface area contributed by atoms with E-state index >= 15 is 0 Å². The average Bonchev–Trinajstić information content (AvgIpc) is 3.13. The van der Waals surface area contributed by atoms with E-state index in [0.29, 0.717) is 6.04 Å². The summed E-state index contributed by atoms with van der Waals surface area (Å²) in [5.41, 5.74) is 4.50. The van der Waals surface area contributed by atoms with Gasteiger partial charge in [-0.2, -0.15) is 0 Å². The van der Waals surface area contributed by atoms with Crippen LogP contribution in [0.1, 0.15) is 48.8 Å². The summed E-state index contributed by atoms with van der Waals surface area (Å²) in [6.07, 6.45) is 5.07. The van der Waals surface area contributed by atoms with Gasteiger partial charge in [0.15, 0.2) is 0 Å². The van der Waals surface area contributed by atoms with E-state index in [9.17, 15) is 0 Å². The largest absolute Gasteiger partial charge is 0.364 e. The Morgan fingerprint density at radius 3 is 2.33 bits per heavy atom. The molecule has 0 amide bonds. The number of nitrogens with zero attached hydrogens (tertiary/aromatic N) is 1. The lowest BCUT2D eigenvalue weighted by Crippen LogP contribution is -2.28. The highest BCUT2D eigenvalue weighted by atomic mass is 79.9. The second-order valence-electron chi connectivity index (χ2n) is 6.98. The Morgan fingerprint density at radius 2 is 1.58 bits per heavy atom. The molecule has 0 unspecified atom stereocenters. The van der Waals surface area contributed by atoms with Gasteiger partial charge < -0.3 is 10.2 Å². The summed E-state index contributed by atoms with van der Waals surface area (Å²) in [6, 6.07) is 18.5. The Labute approximate surface area is 153 Å². The molecule has 126 valence electrons. The summed E-state index contributed by atoms with van der Waals surface area (Å²) in [5.74, 6) is 0.717. The molecule has 2 heterocycles.